The normalized spacial score (nSPS) is 10.2. The first-order valence-corrected chi connectivity index (χ1v) is 6.84. The average molecular weight is 388 g/mol. The van der Waals surface area contributed by atoms with E-state index in [2.05, 4.69) is 27.9 Å². The third kappa shape index (κ3) is 3.30. The zero-order valence-electron chi connectivity index (χ0n) is 9.78. The molecule has 0 aromatic heterocycles. The van der Waals surface area contributed by atoms with Crippen molar-refractivity contribution in [3.8, 4) is 0 Å². The van der Waals surface area contributed by atoms with E-state index >= 15 is 0 Å². The summed E-state index contributed by atoms with van der Waals surface area (Å²) in [5.41, 5.74) is 13.3. The Balaban J connectivity index is 2.33. The van der Waals surface area contributed by atoms with Crippen molar-refractivity contribution in [3.63, 3.8) is 0 Å². The molecule has 0 aliphatic heterocycles. The molecule has 0 radical (unpaired) electrons. The smallest absolute Gasteiger partial charge is 0.248 e. The van der Waals surface area contributed by atoms with Crippen molar-refractivity contribution in [2.45, 2.75) is 0 Å². The van der Waals surface area contributed by atoms with E-state index in [1.165, 1.54) is 6.07 Å². The maximum Gasteiger partial charge on any atom is 0.248 e. The van der Waals surface area contributed by atoms with Gasteiger partial charge in [-0.25, -0.2) is 0 Å². The third-order valence-electron chi connectivity index (χ3n) is 2.53. The Bertz CT molecular complexity index is 646. The zero-order chi connectivity index (χ0) is 14.0. The number of nitrogens with one attached hydrogen (secondary N) is 1. The van der Waals surface area contributed by atoms with E-state index < -0.39 is 5.91 Å². The number of anilines is 3. The lowest BCUT2D eigenvalue weighted by atomic mass is 10.1. The molecular formula is C13H11ClIN3O. The van der Waals surface area contributed by atoms with Crippen LogP contribution >= 0.6 is 34.2 Å². The summed E-state index contributed by atoms with van der Waals surface area (Å²) in [7, 11) is 0. The molecule has 2 aromatic carbocycles. The monoisotopic (exact) mass is 387 g/mol. The second kappa shape index (κ2) is 5.66. The number of benzene rings is 2. The highest BCUT2D eigenvalue weighted by molar-refractivity contribution is 14.1. The highest BCUT2D eigenvalue weighted by Gasteiger charge is 2.07. The number of hydrogen-bond donors (Lipinski definition) is 3. The summed E-state index contributed by atoms with van der Waals surface area (Å²) >= 11 is 8.30. The fourth-order valence-corrected chi connectivity index (χ4v) is 2.22. The van der Waals surface area contributed by atoms with Crippen LogP contribution in [0.4, 0.5) is 17.1 Å². The van der Waals surface area contributed by atoms with Gasteiger partial charge in [-0.2, -0.15) is 0 Å². The summed E-state index contributed by atoms with van der Waals surface area (Å²) < 4.78 is 1.05. The van der Waals surface area contributed by atoms with Crippen molar-refractivity contribution >= 4 is 57.2 Å². The van der Waals surface area contributed by atoms with Crippen molar-refractivity contribution in [2.24, 2.45) is 5.73 Å². The number of primary amides is 1. The van der Waals surface area contributed by atoms with Crippen LogP contribution in [0.1, 0.15) is 10.4 Å². The third-order valence-corrected chi connectivity index (χ3v) is 3.53. The molecule has 0 spiro atoms. The van der Waals surface area contributed by atoms with Crippen LogP contribution in [0.5, 0.6) is 0 Å². The molecule has 0 unspecified atom stereocenters. The van der Waals surface area contributed by atoms with Crippen molar-refractivity contribution in [3.05, 3.63) is 50.6 Å². The second-order valence-electron chi connectivity index (χ2n) is 3.92. The number of carbonyl (C=O) groups is 1. The molecule has 5 N–H and O–H groups in total. The van der Waals surface area contributed by atoms with E-state index in [-0.39, 0.29) is 0 Å². The van der Waals surface area contributed by atoms with E-state index in [4.69, 9.17) is 23.1 Å². The Morgan fingerprint density at radius 1 is 1.16 bits per heavy atom. The number of carbonyl (C=O) groups excluding carboxylic acids is 1. The van der Waals surface area contributed by atoms with Crippen molar-refractivity contribution in [1.82, 2.24) is 0 Å². The van der Waals surface area contributed by atoms with Gasteiger partial charge in [0, 0.05) is 9.13 Å². The van der Waals surface area contributed by atoms with E-state index in [0.717, 1.165) is 9.26 Å². The number of nitrogen functional groups attached to an aromatic ring is 1. The minimum Gasteiger partial charge on any atom is -0.397 e. The van der Waals surface area contributed by atoms with Crippen LogP contribution in [0, 0.1) is 3.57 Å². The van der Waals surface area contributed by atoms with Crippen LogP contribution in [0.3, 0.4) is 0 Å². The molecule has 0 aliphatic carbocycles. The second-order valence-corrected chi connectivity index (χ2v) is 5.57. The van der Waals surface area contributed by atoms with Crippen molar-refractivity contribution in [2.75, 3.05) is 11.1 Å². The molecule has 6 heteroatoms. The Morgan fingerprint density at radius 3 is 2.53 bits per heavy atom. The minimum absolute atomic E-state index is 0.372. The Hall–Kier alpha value is -1.47. The van der Waals surface area contributed by atoms with Crippen LogP contribution in [-0.2, 0) is 0 Å². The minimum atomic E-state index is -0.509. The van der Waals surface area contributed by atoms with Crippen LogP contribution in [0.25, 0.3) is 0 Å². The zero-order valence-corrected chi connectivity index (χ0v) is 12.7. The molecule has 98 valence electrons. The van der Waals surface area contributed by atoms with Gasteiger partial charge in [0.1, 0.15) is 0 Å². The van der Waals surface area contributed by atoms with Crippen LogP contribution in [0.15, 0.2) is 36.4 Å². The van der Waals surface area contributed by atoms with Gasteiger partial charge in [0.15, 0.2) is 0 Å². The van der Waals surface area contributed by atoms with E-state index in [9.17, 15) is 4.79 Å². The maximum atomic E-state index is 11.0. The fourth-order valence-electron chi connectivity index (χ4n) is 1.57. The Kier molecular flexibility index (Phi) is 4.16. The lowest BCUT2D eigenvalue weighted by Gasteiger charge is -2.12. The van der Waals surface area contributed by atoms with E-state index in [1.54, 1.807) is 18.2 Å². The summed E-state index contributed by atoms with van der Waals surface area (Å²) in [6.07, 6.45) is 0. The topological polar surface area (TPSA) is 81.1 Å². The molecule has 1 amide bonds. The standard InChI is InChI=1S/C13H11ClIN3O/c14-9-3-2-8(15)6-12(9)18-11-4-1-7(13(17)19)5-10(11)16/h1-6,18H,16H2,(H2,17,19). The SMILES string of the molecule is NC(=O)c1ccc(Nc2cc(I)ccc2Cl)c(N)c1. The van der Waals surface area contributed by atoms with Gasteiger partial charge >= 0.3 is 0 Å². The lowest BCUT2D eigenvalue weighted by Crippen LogP contribution is -2.11. The van der Waals surface area contributed by atoms with E-state index in [1.807, 2.05) is 12.1 Å². The first-order chi connectivity index (χ1) is 8.97. The highest BCUT2D eigenvalue weighted by atomic mass is 127. The lowest BCUT2D eigenvalue weighted by molar-refractivity contribution is 0.100. The van der Waals surface area contributed by atoms with Gasteiger partial charge < -0.3 is 16.8 Å². The number of halogens is 2. The number of hydrogen-bond acceptors (Lipinski definition) is 3. The summed E-state index contributed by atoms with van der Waals surface area (Å²) in [5, 5.41) is 3.73. The van der Waals surface area contributed by atoms with Gasteiger partial charge in [0.25, 0.3) is 0 Å². The highest BCUT2D eigenvalue weighted by Crippen LogP contribution is 2.30. The molecule has 0 saturated carbocycles. The predicted octanol–water partition coefficient (Wildman–Crippen LogP) is 3.37. The molecule has 4 nitrogen and oxygen atoms in total. The predicted molar refractivity (Wildman–Crippen MR) is 86.8 cm³/mol. The molecule has 0 bridgehead atoms. The van der Waals surface area contributed by atoms with Crippen LogP contribution in [-0.4, -0.2) is 5.91 Å². The molecular weight excluding hydrogens is 377 g/mol. The quantitative estimate of drug-likeness (QED) is 0.558. The van der Waals surface area contributed by atoms with Gasteiger partial charge in [-0.1, -0.05) is 11.6 Å². The summed E-state index contributed by atoms with van der Waals surface area (Å²) in [5.74, 6) is -0.509. The van der Waals surface area contributed by atoms with Crippen LogP contribution in [0.2, 0.25) is 5.02 Å². The number of rotatable bonds is 3. The summed E-state index contributed by atoms with van der Waals surface area (Å²) in [4.78, 5) is 11.0. The Morgan fingerprint density at radius 2 is 1.89 bits per heavy atom. The number of amides is 1. The number of nitrogens with two attached hydrogens (primary N) is 2. The van der Waals surface area contributed by atoms with Gasteiger partial charge in [-0.05, 0) is 59.0 Å². The van der Waals surface area contributed by atoms with Gasteiger partial charge in [0.05, 0.1) is 22.1 Å². The molecule has 2 aromatic rings. The molecule has 0 aliphatic rings. The Labute approximate surface area is 129 Å². The first kappa shape index (κ1) is 14.0. The fraction of sp³-hybridized carbons (Fsp3) is 0. The molecule has 0 fully saturated rings. The maximum absolute atomic E-state index is 11.0. The molecule has 2 rings (SSSR count). The van der Waals surface area contributed by atoms with Gasteiger partial charge in [0.2, 0.25) is 5.91 Å². The molecule has 0 atom stereocenters. The van der Waals surface area contributed by atoms with Crippen molar-refractivity contribution < 1.29 is 4.79 Å². The summed E-state index contributed by atoms with van der Waals surface area (Å²) in [6.45, 7) is 0. The summed E-state index contributed by atoms with van der Waals surface area (Å²) in [6, 6.07) is 10.5. The molecule has 0 saturated heterocycles. The largest absolute Gasteiger partial charge is 0.397 e. The van der Waals surface area contributed by atoms with Crippen molar-refractivity contribution in [1.29, 1.82) is 0 Å². The molecule has 0 heterocycles. The van der Waals surface area contributed by atoms with Crippen LogP contribution < -0.4 is 16.8 Å². The van der Waals surface area contributed by atoms with Gasteiger partial charge in [-0.15, -0.1) is 0 Å². The van der Waals surface area contributed by atoms with Gasteiger partial charge in [-0.3, -0.25) is 4.79 Å². The average Bonchev–Trinajstić information content (AvgIpc) is 2.36. The molecule has 19 heavy (non-hydrogen) atoms. The first-order valence-electron chi connectivity index (χ1n) is 5.39. The van der Waals surface area contributed by atoms with E-state index in [0.29, 0.717) is 22.0 Å².